The van der Waals surface area contributed by atoms with Crippen molar-refractivity contribution in [2.75, 3.05) is 11.9 Å². The number of nitrogens with zero attached hydrogens (tertiary/aromatic N) is 2. The lowest BCUT2D eigenvalue weighted by atomic mass is 10.1. The molecular weight excluding hydrogens is 222 g/mol. The Bertz CT molecular complexity index is 334. The van der Waals surface area contributed by atoms with Gasteiger partial charge in [-0.1, -0.05) is 13.8 Å². The van der Waals surface area contributed by atoms with Crippen molar-refractivity contribution < 1.29 is 4.74 Å². The molecule has 1 saturated heterocycles. The van der Waals surface area contributed by atoms with Gasteiger partial charge in [-0.3, -0.25) is 0 Å². The zero-order valence-corrected chi connectivity index (χ0v) is 10.9. The third-order valence-corrected chi connectivity index (χ3v) is 3.49. The third kappa shape index (κ3) is 2.71. The average molecular weight is 241 g/mol. The SMILES string of the molecule is CC(C)c1nsc(NC(C)C2CCCO2)n1. The molecule has 0 bridgehead atoms. The van der Waals surface area contributed by atoms with Gasteiger partial charge in [-0.15, -0.1) is 0 Å². The molecule has 5 heteroatoms. The number of aromatic nitrogens is 2. The first-order chi connectivity index (χ1) is 7.66. The van der Waals surface area contributed by atoms with Crippen LogP contribution >= 0.6 is 11.5 Å². The van der Waals surface area contributed by atoms with Crippen molar-refractivity contribution in [2.24, 2.45) is 0 Å². The fourth-order valence-corrected chi connectivity index (χ4v) is 2.62. The Kier molecular flexibility index (Phi) is 3.76. The van der Waals surface area contributed by atoms with E-state index in [0.29, 0.717) is 18.1 Å². The second kappa shape index (κ2) is 5.10. The van der Waals surface area contributed by atoms with Crippen LogP contribution in [0.4, 0.5) is 5.13 Å². The predicted molar refractivity (Wildman–Crippen MR) is 66.1 cm³/mol. The molecular formula is C11H19N3OS. The zero-order valence-electron chi connectivity index (χ0n) is 10.1. The highest BCUT2D eigenvalue weighted by Crippen LogP contribution is 2.21. The first-order valence-electron chi connectivity index (χ1n) is 5.88. The minimum Gasteiger partial charge on any atom is -0.376 e. The summed E-state index contributed by atoms with van der Waals surface area (Å²) in [7, 11) is 0. The summed E-state index contributed by atoms with van der Waals surface area (Å²) < 4.78 is 9.96. The average Bonchev–Trinajstić information content (AvgIpc) is 2.87. The minimum atomic E-state index is 0.315. The van der Waals surface area contributed by atoms with Gasteiger partial charge in [-0.25, -0.2) is 4.98 Å². The summed E-state index contributed by atoms with van der Waals surface area (Å²) in [6, 6.07) is 0.315. The van der Waals surface area contributed by atoms with Crippen LogP contribution in [0.1, 0.15) is 45.4 Å². The molecule has 0 saturated carbocycles. The lowest BCUT2D eigenvalue weighted by Gasteiger charge is -2.18. The first kappa shape index (κ1) is 11.8. The van der Waals surface area contributed by atoms with Crippen LogP contribution in [0.15, 0.2) is 0 Å². The molecule has 0 spiro atoms. The Morgan fingerprint density at radius 3 is 2.81 bits per heavy atom. The number of anilines is 1. The van der Waals surface area contributed by atoms with E-state index >= 15 is 0 Å². The van der Waals surface area contributed by atoms with Crippen LogP contribution < -0.4 is 5.32 Å². The molecule has 1 aliphatic heterocycles. The molecule has 2 atom stereocenters. The van der Waals surface area contributed by atoms with Crippen molar-refractivity contribution in [2.45, 2.75) is 51.7 Å². The summed E-state index contributed by atoms with van der Waals surface area (Å²) >= 11 is 1.44. The van der Waals surface area contributed by atoms with E-state index in [1.165, 1.54) is 18.0 Å². The van der Waals surface area contributed by atoms with E-state index in [1.807, 2.05) is 0 Å². The fourth-order valence-electron chi connectivity index (χ4n) is 1.81. The van der Waals surface area contributed by atoms with Gasteiger partial charge < -0.3 is 10.1 Å². The second-order valence-electron chi connectivity index (χ2n) is 4.60. The molecule has 1 aromatic rings. The monoisotopic (exact) mass is 241 g/mol. The maximum absolute atomic E-state index is 5.64. The summed E-state index contributed by atoms with van der Waals surface area (Å²) in [5.74, 6) is 1.32. The number of nitrogens with one attached hydrogen (secondary N) is 1. The van der Waals surface area contributed by atoms with Crippen LogP contribution in [0.5, 0.6) is 0 Å². The molecule has 0 amide bonds. The van der Waals surface area contributed by atoms with Crippen LogP contribution in [-0.4, -0.2) is 28.1 Å². The Morgan fingerprint density at radius 2 is 2.25 bits per heavy atom. The van der Waals surface area contributed by atoms with Crippen molar-refractivity contribution >= 4 is 16.7 Å². The van der Waals surface area contributed by atoms with Crippen LogP contribution in [0.2, 0.25) is 0 Å². The Labute approximate surface area is 101 Å². The highest BCUT2D eigenvalue weighted by molar-refractivity contribution is 7.09. The van der Waals surface area contributed by atoms with Crippen molar-refractivity contribution in [3.05, 3.63) is 5.82 Å². The molecule has 1 aliphatic rings. The van der Waals surface area contributed by atoms with Gasteiger partial charge in [-0.05, 0) is 19.8 Å². The van der Waals surface area contributed by atoms with E-state index in [0.717, 1.165) is 24.0 Å². The number of hydrogen-bond acceptors (Lipinski definition) is 5. The maximum atomic E-state index is 5.64. The van der Waals surface area contributed by atoms with Gasteiger partial charge in [0.05, 0.1) is 12.1 Å². The van der Waals surface area contributed by atoms with Gasteiger partial charge in [0.1, 0.15) is 5.82 Å². The van der Waals surface area contributed by atoms with E-state index in [-0.39, 0.29) is 0 Å². The molecule has 2 rings (SSSR count). The highest BCUT2D eigenvalue weighted by Gasteiger charge is 2.23. The Hall–Kier alpha value is -0.680. The van der Waals surface area contributed by atoms with E-state index in [2.05, 4.69) is 35.4 Å². The Balaban J connectivity index is 1.92. The quantitative estimate of drug-likeness (QED) is 0.880. The molecule has 1 aromatic heterocycles. The third-order valence-electron chi connectivity index (χ3n) is 2.83. The molecule has 0 aliphatic carbocycles. The van der Waals surface area contributed by atoms with Crippen molar-refractivity contribution in [1.82, 2.24) is 9.36 Å². The van der Waals surface area contributed by atoms with E-state index in [9.17, 15) is 0 Å². The lowest BCUT2D eigenvalue weighted by molar-refractivity contribution is 0.0996. The minimum absolute atomic E-state index is 0.315. The van der Waals surface area contributed by atoms with Crippen molar-refractivity contribution in [3.63, 3.8) is 0 Å². The summed E-state index contributed by atoms with van der Waals surface area (Å²) in [6.45, 7) is 7.25. The molecule has 16 heavy (non-hydrogen) atoms. The van der Waals surface area contributed by atoms with Crippen LogP contribution in [0.3, 0.4) is 0 Å². The molecule has 2 heterocycles. The molecule has 0 radical (unpaired) electrons. The van der Waals surface area contributed by atoms with Gasteiger partial charge in [-0.2, -0.15) is 4.37 Å². The number of ether oxygens (including phenoxy) is 1. The van der Waals surface area contributed by atoms with Gasteiger partial charge in [0.25, 0.3) is 0 Å². The predicted octanol–water partition coefficient (Wildman–Crippen LogP) is 2.64. The maximum Gasteiger partial charge on any atom is 0.202 e. The molecule has 1 N–H and O–H groups in total. The molecule has 2 unspecified atom stereocenters. The zero-order chi connectivity index (χ0) is 11.5. The Morgan fingerprint density at radius 1 is 1.44 bits per heavy atom. The highest BCUT2D eigenvalue weighted by atomic mass is 32.1. The smallest absolute Gasteiger partial charge is 0.202 e. The normalized spacial score (nSPS) is 22.6. The summed E-state index contributed by atoms with van der Waals surface area (Å²) in [4.78, 5) is 4.46. The number of rotatable bonds is 4. The molecule has 90 valence electrons. The largest absolute Gasteiger partial charge is 0.376 e. The summed E-state index contributed by atoms with van der Waals surface area (Å²) in [5, 5.41) is 4.29. The standard InChI is InChI=1S/C11H19N3OS/c1-7(2)10-13-11(16-14-10)12-8(3)9-5-4-6-15-9/h7-9H,4-6H2,1-3H3,(H,12,13,14). The number of hydrogen-bond donors (Lipinski definition) is 1. The van der Waals surface area contributed by atoms with Crippen molar-refractivity contribution in [1.29, 1.82) is 0 Å². The van der Waals surface area contributed by atoms with Crippen LogP contribution in [0.25, 0.3) is 0 Å². The van der Waals surface area contributed by atoms with E-state index in [1.54, 1.807) is 0 Å². The van der Waals surface area contributed by atoms with Gasteiger partial charge in [0.15, 0.2) is 0 Å². The summed E-state index contributed by atoms with van der Waals surface area (Å²) in [6.07, 6.45) is 2.64. The first-order valence-corrected chi connectivity index (χ1v) is 6.66. The molecule has 0 aromatic carbocycles. The van der Waals surface area contributed by atoms with Crippen molar-refractivity contribution in [3.8, 4) is 0 Å². The van der Waals surface area contributed by atoms with Gasteiger partial charge in [0.2, 0.25) is 5.13 Å². The lowest BCUT2D eigenvalue weighted by Crippen LogP contribution is -2.29. The molecule has 4 nitrogen and oxygen atoms in total. The molecule has 1 fully saturated rings. The summed E-state index contributed by atoms with van der Waals surface area (Å²) in [5.41, 5.74) is 0. The fraction of sp³-hybridized carbons (Fsp3) is 0.818. The van der Waals surface area contributed by atoms with Gasteiger partial charge in [0, 0.05) is 24.1 Å². The van der Waals surface area contributed by atoms with Gasteiger partial charge >= 0.3 is 0 Å². The topological polar surface area (TPSA) is 47.0 Å². The van der Waals surface area contributed by atoms with Crippen LogP contribution in [-0.2, 0) is 4.74 Å². The van der Waals surface area contributed by atoms with Crippen LogP contribution in [0, 0.1) is 0 Å². The van der Waals surface area contributed by atoms with E-state index in [4.69, 9.17) is 4.74 Å². The second-order valence-corrected chi connectivity index (χ2v) is 5.35. The van der Waals surface area contributed by atoms with E-state index < -0.39 is 0 Å².